The highest BCUT2D eigenvalue weighted by molar-refractivity contribution is 6.35. The van der Waals surface area contributed by atoms with Crippen molar-refractivity contribution in [3.05, 3.63) is 81.5 Å². The minimum absolute atomic E-state index is 0.173. The summed E-state index contributed by atoms with van der Waals surface area (Å²) < 4.78 is 7.86. The summed E-state index contributed by atoms with van der Waals surface area (Å²) in [4.78, 5) is 27.1. The van der Waals surface area contributed by atoms with E-state index >= 15 is 0 Å². The summed E-state index contributed by atoms with van der Waals surface area (Å²) in [7, 11) is 0. The van der Waals surface area contributed by atoms with Crippen LogP contribution in [0.25, 0.3) is 0 Å². The van der Waals surface area contributed by atoms with Gasteiger partial charge in [0.2, 0.25) is 5.91 Å². The maximum atomic E-state index is 12.7. The van der Waals surface area contributed by atoms with Crippen molar-refractivity contribution in [2.75, 3.05) is 13.1 Å². The lowest BCUT2D eigenvalue weighted by Gasteiger charge is -2.24. The Balaban J connectivity index is 1.57. The molecule has 0 radical (unpaired) electrons. The van der Waals surface area contributed by atoms with Crippen molar-refractivity contribution in [1.82, 2.24) is 14.8 Å². The molecule has 0 aliphatic heterocycles. The predicted molar refractivity (Wildman–Crippen MR) is 140 cm³/mol. The number of carbonyl (C=O) groups excluding carboxylic acids is 2. The molecule has 3 aromatic rings. The van der Waals surface area contributed by atoms with E-state index in [9.17, 15) is 9.59 Å². The second-order valence-electron chi connectivity index (χ2n) is 9.05. The van der Waals surface area contributed by atoms with Crippen molar-refractivity contribution in [3.8, 4) is 0 Å². The molecule has 0 atom stereocenters. The Kier molecular flexibility index (Phi) is 9.87. The van der Waals surface area contributed by atoms with Gasteiger partial charge in [0.25, 0.3) is 5.91 Å². The van der Waals surface area contributed by atoms with Crippen LogP contribution in [0.5, 0.6) is 0 Å². The molecule has 188 valence electrons. The van der Waals surface area contributed by atoms with Crippen molar-refractivity contribution in [3.63, 3.8) is 0 Å². The summed E-state index contributed by atoms with van der Waals surface area (Å²) >= 11 is 12.1. The highest BCUT2D eigenvalue weighted by Gasteiger charge is 2.17. The van der Waals surface area contributed by atoms with E-state index < -0.39 is 0 Å². The molecule has 0 saturated heterocycles. The molecule has 6 nitrogen and oxygen atoms in total. The molecule has 0 bridgehead atoms. The van der Waals surface area contributed by atoms with Gasteiger partial charge in [-0.15, -0.1) is 0 Å². The fourth-order valence-electron chi connectivity index (χ4n) is 3.86. The second kappa shape index (κ2) is 12.8. The van der Waals surface area contributed by atoms with Gasteiger partial charge in [-0.1, -0.05) is 50.0 Å². The van der Waals surface area contributed by atoms with Crippen LogP contribution < -0.4 is 5.32 Å². The number of amides is 2. The molecular formula is C27H33Cl2N3O3. The number of furan rings is 1. The Morgan fingerprint density at radius 1 is 1.14 bits per heavy atom. The maximum absolute atomic E-state index is 12.7. The topological polar surface area (TPSA) is 67.5 Å². The normalized spacial score (nSPS) is 11.1. The van der Waals surface area contributed by atoms with E-state index in [-0.39, 0.29) is 17.6 Å². The molecular weight excluding hydrogens is 485 g/mol. The highest BCUT2D eigenvalue weighted by Crippen LogP contribution is 2.21. The molecule has 0 saturated carbocycles. The zero-order valence-corrected chi connectivity index (χ0v) is 22.0. The predicted octanol–water partition coefficient (Wildman–Crippen LogP) is 6.19. The van der Waals surface area contributed by atoms with E-state index in [0.29, 0.717) is 54.2 Å². The lowest BCUT2D eigenvalue weighted by Crippen LogP contribution is -2.32. The highest BCUT2D eigenvalue weighted by atomic mass is 35.5. The maximum Gasteiger partial charge on any atom is 0.287 e. The molecule has 2 aromatic heterocycles. The fourth-order valence-corrected chi connectivity index (χ4v) is 4.36. The van der Waals surface area contributed by atoms with E-state index in [0.717, 1.165) is 24.2 Å². The van der Waals surface area contributed by atoms with Gasteiger partial charge in [0.1, 0.15) is 5.76 Å². The number of halogens is 2. The van der Waals surface area contributed by atoms with Crippen molar-refractivity contribution < 1.29 is 14.0 Å². The number of carbonyl (C=O) groups is 2. The Hall–Kier alpha value is -2.70. The minimum Gasteiger partial charge on any atom is -0.454 e. The SMILES string of the molecule is CCCN(Cc1cccn1Cc1ccc(C(=O)NCCc2ccc(Cl)cc2Cl)o1)C(=O)CC(C)C. The first-order valence-electron chi connectivity index (χ1n) is 12.0. The van der Waals surface area contributed by atoms with E-state index in [2.05, 4.69) is 26.1 Å². The number of rotatable bonds is 12. The van der Waals surface area contributed by atoms with Crippen molar-refractivity contribution in [2.24, 2.45) is 5.92 Å². The largest absolute Gasteiger partial charge is 0.454 e. The van der Waals surface area contributed by atoms with E-state index in [4.69, 9.17) is 27.6 Å². The molecule has 0 fully saturated rings. The van der Waals surface area contributed by atoms with Crippen molar-refractivity contribution in [1.29, 1.82) is 0 Å². The number of hydrogen-bond acceptors (Lipinski definition) is 3. The van der Waals surface area contributed by atoms with E-state index in [1.54, 1.807) is 18.2 Å². The molecule has 1 N–H and O–H groups in total. The molecule has 0 unspecified atom stereocenters. The second-order valence-corrected chi connectivity index (χ2v) is 9.89. The van der Waals surface area contributed by atoms with Gasteiger partial charge >= 0.3 is 0 Å². The number of aromatic nitrogens is 1. The number of hydrogen-bond donors (Lipinski definition) is 1. The summed E-state index contributed by atoms with van der Waals surface area (Å²) in [5.74, 6) is 1.15. The molecule has 35 heavy (non-hydrogen) atoms. The van der Waals surface area contributed by atoms with Crippen molar-refractivity contribution >= 4 is 35.0 Å². The summed E-state index contributed by atoms with van der Waals surface area (Å²) in [5, 5.41) is 4.03. The lowest BCUT2D eigenvalue weighted by molar-refractivity contribution is -0.132. The van der Waals surface area contributed by atoms with E-state index in [1.165, 1.54) is 0 Å². The van der Waals surface area contributed by atoms with Crippen LogP contribution >= 0.6 is 23.2 Å². The average molecular weight is 518 g/mol. The lowest BCUT2D eigenvalue weighted by atomic mass is 10.1. The first kappa shape index (κ1) is 26.9. The summed E-state index contributed by atoms with van der Waals surface area (Å²) in [6.07, 6.45) is 4.00. The van der Waals surface area contributed by atoms with Crippen LogP contribution in [0.2, 0.25) is 10.0 Å². The molecule has 8 heteroatoms. The number of nitrogens with one attached hydrogen (secondary N) is 1. The zero-order valence-electron chi connectivity index (χ0n) is 20.5. The zero-order chi connectivity index (χ0) is 25.4. The van der Waals surface area contributed by atoms with Crippen LogP contribution in [0.1, 0.15) is 61.2 Å². The van der Waals surface area contributed by atoms with Gasteiger partial charge in [0.05, 0.1) is 13.1 Å². The molecule has 0 aliphatic rings. The van der Waals surface area contributed by atoms with Gasteiger partial charge in [0, 0.05) is 41.4 Å². The monoisotopic (exact) mass is 517 g/mol. The Morgan fingerprint density at radius 3 is 2.66 bits per heavy atom. The summed E-state index contributed by atoms with van der Waals surface area (Å²) in [6, 6.07) is 12.8. The number of benzene rings is 1. The fraction of sp³-hybridized carbons (Fsp3) is 0.407. The summed E-state index contributed by atoms with van der Waals surface area (Å²) in [6.45, 7) is 8.37. The minimum atomic E-state index is -0.275. The van der Waals surface area contributed by atoms with Crippen LogP contribution in [0, 0.1) is 5.92 Å². The molecule has 2 heterocycles. The molecule has 2 amide bonds. The quantitative estimate of drug-likeness (QED) is 0.311. The van der Waals surface area contributed by atoms with Gasteiger partial charge in [-0.2, -0.15) is 0 Å². The van der Waals surface area contributed by atoms with Gasteiger partial charge in [-0.3, -0.25) is 9.59 Å². The Bertz CT molecular complexity index is 1140. The first-order valence-corrected chi connectivity index (χ1v) is 12.7. The first-order chi connectivity index (χ1) is 16.8. The molecule has 0 aliphatic carbocycles. The van der Waals surface area contributed by atoms with E-state index in [1.807, 2.05) is 39.9 Å². The Labute approximate surface area is 217 Å². The number of nitrogens with zero attached hydrogens (tertiary/aromatic N) is 2. The van der Waals surface area contributed by atoms with Gasteiger partial charge in [-0.05, 0) is 60.7 Å². The third-order valence-corrected chi connectivity index (χ3v) is 6.20. The standard InChI is InChI=1S/C27H33Cl2N3O3/c1-4-13-32(26(33)15-19(2)3)17-22-6-5-14-31(22)18-23-9-10-25(35-23)27(34)30-12-11-20-7-8-21(28)16-24(20)29/h5-10,14,16,19H,4,11-13,15,17-18H2,1-3H3,(H,30,34). The van der Waals surface area contributed by atoms with Gasteiger partial charge in [0.15, 0.2) is 5.76 Å². The summed E-state index contributed by atoms with van der Waals surface area (Å²) in [5.41, 5.74) is 1.94. The smallest absolute Gasteiger partial charge is 0.287 e. The van der Waals surface area contributed by atoms with Crippen LogP contribution in [0.4, 0.5) is 0 Å². The third-order valence-electron chi connectivity index (χ3n) is 5.61. The van der Waals surface area contributed by atoms with Crippen LogP contribution in [-0.2, 0) is 24.3 Å². The van der Waals surface area contributed by atoms with Crippen LogP contribution in [0.15, 0.2) is 53.1 Å². The average Bonchev–Trinajstić information content (AvgIpc) is 3.44. The molecule has 0 spiro atoms. The molecule has 3 rings (SSSR count). The van der Waals surface area contributed by atoms with Gasteiger partial charge in [-0.25, -0.2) is 0 Å². The van der Waals surface area contributed by atoms with Gasteiger partial charge < -0.3 is 19.2 Å². The Morgan fingerprint density at radius 2 is 1.94 bits per heavy atom. The van der Waals surface area contributed by atoms with Crippen LogP contribution in [-0.4, -0.2) is 34.4 Å². The van der Waals surface area contributed by atoms with Crippen LogP contribution in [0.3, 0.4) is 0 Å². The molecule has 1 aromatic carbocycles. The van der Waals surface area contributed by atoms with Crippen molar-refractivity contribution in [2.45, 2.75) is 53.1 Å². The third kappa shape index (κ3) is 7.91.